The van der Waals surface area contributed by atoms with Gasteiger partial charge >= 0.3 is 5.97 Å². The molecule has 1 unspecified atom stereocenters. The molecule has 0 bridgehead atoms. The molecule has 0 saturated carbocycles. The van der Waals surface area contributed by atoms with Gasteiger partial charge in [0.05, 0.1) is 29.6 Å². The summed E-state index contributed by atoms with van der Waals surface area (Å²) < 4.78 is 20.8. The van der Waals surface area contributed by atoms with Crippen LogP contribution in [0, 0.1) is 13.8 Å². The highest BCUT2D eigenvalue weighted by Gasteiger charge is 2.37. The van der Waals surface area contributed by atoms with Crippen LogP contribution in [-0.4, -0.2) is 57.5 Å². The van der Waals surface area contributed by atoms with Crippen molar-refractivity contribution in [3.05, 3.63) is 96.7 Å². The lowest BCUT2D eigenvalue weighted by molar-refractivity contribution is -0.160. The molecule has 8 nitrogen and oxygen atoms in total. The molecule has 260 valence electrons. The van der Waals surface area contributed by atoms with Crippen molar-refractivity contribution in [2.45, 2.75) is 91.1 Å². The van der Waals surface area contributed by atoms with Crippen molar-refractivity contribution in [2.75, 3.05) is 24.6 Å². The zero-order chi connectivity index (χ0) is 35.5. The van der Waals surface area contributed by atoms with Crippen molar-refractivity contribution < 1.29 is 24.1 Å². The van der Waals surface area contributed by atoms with E-state index in [0.717, 1.165) is 70.0 Å². The van der Waals surface area contributed by atoms with Crippen molar-refractivity contribution in [1.29, 1.82) is 0 Å². The van der Waals surface area contributed by atoms with Crippen LogP contribution < -0.4 is 9.64 Å². The van der Waals surface area contributed by atoms with Gasteiger partial charge in [-0.2, -0.15) is 0 Å². The van der Waals surface area contributed by atoms with E-state index >= 15 is 0 Å². The number of carbonyl (C=O) groups is 1. The number of hydrogen-bond acceptors (Lipinski definition) is 6. The second-order valence-electron chi connectivity index (χ2n) is 14.4. The van der Waals surface area contributed by atoms with E-state index in [1.807, 2.05) is 69.5 Å². The number of rotatable bonds is 13. The van der Waals surface area contributed by atoms with E-state index in [0.29, 0.717) is 25.3 Å². The van der Waals surface area contributed by atoms with Crippen LogP contribution >= 0.6 is 0 Å². The number of pyridine rings is 1. The maximum atomic E-state index is 12.9. The predicted molar refractivity (Wildman–Crippen MR) is 198 cm³/mol. The Hall–Kier alpha value is -4.40. The fraction of sp³-hybridized carbons (Fsp3) is 0.415. The first kappa shape index (κ1) is 35.9. The molecule has 5 rings (SSSR count). The number of piperidine rings is 1. The lowest BCUT2D eigenvalue weighted by Gasteiger charge is -2.41. The lowest BCUT2D eigenvalue weighted by atomic mass is 9.92. The molecule has 2 aromatic heterocycles. The molecule has 1 N–H and O–H groups in total. The number of aliphatic carboxylic acids is 1. The molecule has 4 aromatic rings. The third kappa shape index (κ3) is 8.26. The quantitative estimate of drug-likeness (QED) is 0.143. The van der Waals surface area contributed by atoms with Crippen molar-refractivity contribution in [3.8, 4) is 28.1 Å². The van der Waals surface area contributed by atoms with Crippen LogP contribution in [0.15, 0.2) is 80.0 Å². The van der Waals surface area contributed by atoms with Gasteiger partial charge in [0.2, 0.25) is 0 Å². The van der Waals surface area contributed by atoms with Gasteiger partial charge in [0.15, 0.2) is 6.10 Å². The first-order valence-electron chi connectivity index (χ1n) is 17.1. The number of nitrogens with zero attached hydrogens (tertiary/aromatic N) is 3. The topological polar surface area (TPSA) is 85.5 Å². The average Bonchev–Trinajstić information content (AvgIpc) is 3.47. The van der Waals surface area contributed by atoms with Crippen molar-refractivity contribution in [1.82, 2.24) is 9.38 Å². The van der Waals surface area contributed by atoms with E-state index in [9.17, 15) is 9.90 Å². The molecule has 0 aliphatic carbocycles. The van der Waals surface area contributed by atoms with E-state index in [1.165, 1.54) is 0 Å². The number of benzene rings is 2. The Kier molecular flexibility index (Phi) is 10.7. The highest BCUT2D eigenvalue weighted by molar-refractivity contribution is 5.80. The fourth-order valence-electron chi connectivity index (χ4n) is 6.53. The van der Waals surface area contributed by atoms with Gasteiger partial charge in [-0.15, -0.1) is 13.2 Å². The summed E-state index contributed by atoms with van der Waals surface area (Å²) in [4.78, 5) is 20.2. The number of aryl methyl sites for hydroxylation is 2. The van der Waals surface area contributed by atoms with Gasteiger partial charge in [-0.05, 0) is 96.7 Å². The number of aromatic nitrogens is 2. The fourth-order valence-corrected chi connectivity index (χ4v) is 6.53. The zero-order valence-electron chi connectivity index (χ0n) is 30.1. The van der Waals surface area contributed by atoms with E-state index < -0.39 is 17.7 Å². The van der Waals surface area contributed by atoms with Gasteiger partial charge in [0.1, 0.15) is 17.2 Å². The number of carboxylic acids is 1. The minimum atomic E-state index is -1.16. The number of ether oxygens (including phenoxy) is 3. The van der Waals surface area contributed by atoms with Crippen molar-refractivity contribution in [3.63, 3.8) is 0 Å². The molecule has 0 spiro atoms. The van der Waals surface area contributed by atoms with E-state index in [1.54, 1.807) is 6.08 Å². The Labute approximate surface area is 291 Å². The van der Waals surface area contributed by atoms with Gasteiger partial charge in [-0.3, -0.25) is 4.40 Å². The maximum Gasteiger partial charge on any atom is 0.337 e. The van der Waals surface area contributed by atoms with Gasteiger partial charge in [-0.25, -0.2) is 9.78 Å². The molecular weight excluding hydrogens is 614 g/mol. The summed E-state index contributed by atoms with van der Waals surface area (Å²) in [6, 6.07) is 16.5. The second kappa shape index (κ2) is 14.6. The molecule has 1 aliphatic rings. The minimum Gasteiger partial charge on any atom is -0.490 e. The highest BCUT2D eigenvalue weighted by atomic mass is 16.5. The molecule has 49 heavy (non-hydrogen) atoms. The van der Waals surface area contributed by atoms with Crippen LogP contribution in [0.4, 0.5) is 5.82 Å². The first-order valence-corrected chi connectivity index (χ1v) is 17.1. The minimum absolute atomic E-state index is 0.00507. The smallest absolute Gasteiger partial charge is 0.337 e. The zero-order valence-corrected chi connectivity index (χ0v) is 30.1. The first-order chi connectivity index (χ1) is 23.2. The van der Waals surface area contributed by atoms with Crippen LogP contribution in [0.1, 0.15) is 76.7 Å². The number of carboxylic acid groups (broad SMARTS) is 1. The van der Waals surface area contributed by atoms with Crippen LogP contribution in [-0.2, 0) is 14.3 Å². The summed E-state index contributed by atoms with van der Waals surface area (Å²) >= 11 is 0. The van der Waals surface area contributed by atoms with Crippen LogP contribution in [0.25, 0.3) is 28.0 Å². The average molecular weight is 666 g/mol. The molecular formula is C41H51N3O5. The van der Waals surface area contributed by atoms with Crippen LogP contribution in [0.3, 0.4) is 0 Å². The summed E-state index contributed by atoms with van der Waals surface area (Å²) in [5.41, 5.74) is 6.14. The summed E-state index contributed by atoms with van der Waals surface area (Å²) in [6.45, 7) is 23.4. The van der Waals surface area contributed by atoms with Crippen LogP contribution in [0.5, 0.6) is 5.75 Å². The summed E-state index contributed by atoms with van der Waals surface area (Å²) in [5, 5.41) is 10.5. The van der Waals surface area contributed by atoms with E-state index in [4.69, 9.17) is 19.2 Å². The Morgan fingerprint density at radius 1 is 1.06 bits per heavy atom. The molecule has 1 saturated heterocycles. The Morgan fingerprint density at radius 2 is 1.78 bits per heavy atom. The monoisotopic (exact) mass is 665 g/mol. The number of fused-ring (bicyclic) bond motifs is 1. The third-order valence-electron chi connectivity index (χ3n) is 9.03. The number of imidazole rings is 1. The molecule has 1 aliphatic heterocycles. The summed E-state index contributed by atoms with van der Waals surface area (Å²) in [7, 11) is 0. The van der Waals surface area contributed by atoms with E-state index in [-0.39, 0.29) is 11.7 Å². The van der Waals surface area contributed by atoms with Gasteiger partial charge in [0.25, 0.3) is 0 Å². The molecule has 2 aromatic carbocycles. The van der Waals surface area contributed by atoms with Crippen LogP contribution in [0.2, 0.25) is 0 Å². The molecule has 3 heterocycles. The standard InChI is InChI=1S/C41H51N3O5/c1-10-13-29(5)48-34-17-16-27(3)23-32(34)30-14-12-15-31(25-30)33-26-44-35(42-33)24-28(4)36(37(39(45)46)49-40(6,7)8)38(44)43-20-18-41(9,19-21-43)47-22-11-2/h10-12,14-17,23-26,29,37H,1-2,13,18-22H2,3-9H3,(H,45,46)/t29-,37?/m0/s1. The van der Waals surface area contributed by atoms with Crippen molar-refractivity contribution >= 4 is 17.4 Å². The van der Waals surface area contributed by atoms with Crippen molar-refractivity contribution in [2.24, 2.45) is 0 Å². The number of anilines is 1. The highest BCUT2D eigenvalue weighted by Crippen LogP contribution is 2.40. The molecule has 2 atom stereocenters. The third-order valence-corrected chi connectivity index (χ3v) is 9.03. The Balaban J connectivity index is 1.63. The molecule has 1 fully saturated rings. The molecule has 0 radical (unpaired) electrons. The molecule has 0 amide bonds. The van der Waals surface area contributed by atoms with Gasteiger partial charge in [-0.1, -0.05) is 42.0 Å². The largest absolute Gasteiger partial charge is 0.490 e. The van der Waals surface area contributed by atoms with Gasteiger partial charge < -0.3 is 24.2 Å². The Bertz CT molecular complexity index is 1830. The molecule has 8 heteroatoms. The second-order valence-corrected chi connectivity index (χ2v) is 14.4. The SMILES string of the molecule is C=CCOC1(C)CCN(c2c(C(OC(C)(C)C)C(=O)O)c(C)cc3nc(-c4cccc(-c5cc(C)ccc5O[C@@H](C)CC=C)c4)cn23)CC1. The summed E-state index contributed by atoms with van der Waals surface area (Å²) in [6.07, 6.45) is 6.81. The predicted octanol–water partition coefficient (Wildman–Crippen LogP) is 9.13. The lowest BCUT2D eigenvalue weighted by Crippen LogP contribution is -2.45. The Morgan fingerprint density at radius 3 is 2.43 bits per heavy atom. The normalized spacial score (nSPS) is 15.9. The summed E-state index contributed by atoms with van der Waals surface area (Å²) in [5.74, 6) is 0.585. The van der Waals surface area contributed by atoms with E-state index in [2.05, 4.69) is 62.2 Å². The number of hydrogen-bond donors (Lipinski definition) is 1. The maximum absolute atomic E-state index is 12.9. The van der Waals surface area contributed by atoms with Gasteiger partial charge in [0, 0.05) is 42.4 Å².